The van der Waals surface area contributed by atoms with Crippen molar-refractivity contribution in [3.8, 4) is 0 Å². The van der Waals surface area contributed by atoms with Crippen molar-refractivity contribution in [2.45, 2.75) is 6.42 Å². The van der Waals surface area contributed by atoms with Gasteiger partial charge < -0.3 is 15.4 Å². The fraction of sp³-hybridized carbons (Fsp3) is 0.500. The second-order valence-corrected chi connectivity index (χ2v) is 5.22. The second kappa shape index (κ2) is 8.21. The van der Waals surface area contributed by atoms with Crippen LogP contribution in [0.25, 0.3) is 0 Å². The van der Waals surface area contributed by atoms with E-state index in [0.29, 0.717) is 11.7 Å². The molecule has 0 saturated carbocycles. The second-order valence-electron chi connectivity index (χ2n) is 4.81. The molecule has 7 heteroatoms. The van der Waals surface area contributed by atoms with E-state index in [1.54, 1.807) is 0 Å². The molecule has 1 heterocycles. The highest BCUT2D eigenvalue weighted by Crippen LogP contribution is 2.14. The van der Waals surface area contributed by atoms with Crippen molar-refractivity contribution in [1.29, 1.82) is 0 Å². The average molecular weight is 315 g/mol. The van der Waals surface area contributed by atoms with Gasteiger partial charge in [-0.2, -0.15) is 0 Å². The summed E-state index contributed by atoms with van der Waals surface area (Å²) < 4.78 is 31.7. The van der Waals surface area contributed by atoms with Crippen LogP contribution in [0.15, 0.2) is 18.2 Å². The minimum Gasteiger partial charge on any atom is -0.379 e. The predicted molar refractivity (Wildman–Crippen MR) is 82.5 cm³/mol. The molecule has 0 radical (unpaired) electrons. The third-order valence-electron chi connectivity index (χ3n) is 3.22. The van der Waals surface area contributed by atoms with Gasteiger partial charge in [0.1, 0.15) is 11.6 Å². The summed E-state index contributed by atoms with van der Waals surface area (Å²) in [6.45, 7) is 5.13. The molecule has 1 saturated heterocycles. The van der Waals surface area contributed by atoms with Gasteiger partial charge in [-0.3, -0.25) is 4.90 Å². The molecule has 0 spiro atoms. The summed E-state index contributed by atoms with van der Waals surface area (Å²) in [5.74, 6) is -1.04. The fourth-order valence-electron chi connectivity index (χ4n) is 2.09. The van der Waals surface area contributed by atoms with Crippen LogP contribution in [0.4, 0.5) is 14.5 Å². The lowest BCUT2D eigenvalue weighted by Crippen LogP contribution is -2.38. The number of nitrogens with one attached hydrogen (secondary N) is 2. The summed E-state index contributed by atoms with van der Waals surface area (Å²) in [5, 5.41) is 5.94. The minimum atomic E-state index is -0.533. The normalized spacial score (nSPS) is 15.7. The predicted octanol–water partition coefficient (Wildman–Crippen LogP) is 1.97. The lowest BCUT2D eigenvalue weighted by Gasteiger charge is -2.26. The standard InChI is InChI=1S/C14H19F2N3OS/c15-11-2-3-12(16)13(10-11)18-14(21)17-4-1-5-19-6-8-20-9-7-19/h2-3,10H,1,4-9H2,(H2,17,18,21). The molecule has 21 heavy (non-hydrogen) atoms. The molecule has 1 aromatic carbocycles. The Bertz CT molecular complexity index is 481. The van der Waals surface area contributed by atoms with Crippen LogP contribution in [0.5, 0.6) is 0 Å². The Labute approximate surface area is 128 Å². The number of morpholine rings is 1. The number of halogens is 2. The van der Waals surface area contributed by atoms with Crippen LogP contribution in [0.2, 0.25) is 0 Å². The zero-order valence-corrected chi connectivity index (χ0v) is 12.5. The minimum absolute atomic E-state index is 0.0423. The Balaban J connectivity index is 1.66. The molecule has 4 nitrogen and oxygen atoms in total. The van der Waals surface area contributed by atoms with E-state index in [1.807, 2.05) is 0 Å². The largest absolute Gasteiger partial charge is 0.379 e. The first kappa shape index (κ1) is 16.1. The van der Waals surface area contributed by atoms with Crippen molar-refractivity contribution in [2.75, 3.05) is 44.7 Å². The summed E-state index contributed by atoms with van der Waals surface area (Å²) in [5.41, 5.74) is 0.0423. The third kappa shape index (κ3) is 5.53. The Hall–Kier alpha value is -1.31. The monoisotopic (exact) mass is 315 g/mol. The highest BCUT2D eigenvalue weighted by atomic mass is 32.1. The first-order valence-electron chi connectivity index (χ1n) is 6.95. The molecule has 1 aromatic rings. The molecule has 0 atom stereocenters. The molecule has 0 bridgehead atoms. The van der Waals surface area contributed by atoms with Gasteiger partial charge in [-0.25, -0.2) is 8.78 Å². The molecule has 1 aliphatic heterocycles. The van der Waals surface area contributed by atoms with Crippen molar-refractivity contribution in [1.82, 2.24) is 10.2 Å². The molecule has 0 unspecified atom stereocenters. The molecule has 2 rings (SSSR count). The number of anilines is 1. The summed E-state index contributed by atoms with van der Waals surface area (Å²) in [6.07, 6.45) is 0.924. The molecule has 1 aliphatic rings. The molecule has 0 amide bonds. The van der Waals surface area contributed by atoms with E-state index in [2.05, 4.69) is 15.5 Å². The van der Waals surface area contributed by atoms with Gasteiger partial charge in [0.05, 0.1) is 18.9 Å². The van der Waals surface area contributed by atoms with Crippen molar-refractivity contribution < 1.29 is 13.5 Å². The summed E-state index contributed by atoms with van der Waals surface area (Å²) in [6, 6.07) is 3.22. The lowest BCUT2D eigenvalue weighted by molar-refractivity contribution is 0.0376. The number of benzene rings is 1. The Morgan fingerprint density at radius 2 is 2.05 bits per heavy atom. The molecule has 0 aliphatic carbocycles. The average Bonchev–Trinajstić information content (AvgIpc) is 2.48. The van der Waals surface area contributed by atoms with E-state index in [9.17, 15) is 8.78 Å². The maximum atomic E-state index is 13.4. The molecular formula is C14H19F2N3OS. The molecule has 0 aromatic heterocycles. The summed E-state index contributed by atoms with van der Waals surface area (Å²) >= 11 is 5.06. The molecule has 2 N–H and O–H groups in total. The fourth-order valence-corrected chi connectivity index (χ4v) is 2.30. The van der Waals surface area contributed by atoms with Crippen LogP contribution in [-0.2, 0) is 4.74 Å². The van der Waals surface area contributed by atoms with Gasteiger partial charge in [-0.15, -0.1) is 0 Å². The van der Waals surface area contributed by atoms with Gasteiger partial charge in [0.2, 0.25) is 0 Å². The maximum Gasteiger partial charge on any atom is 0.170 e. The van der Waals surface area contributed by atoms with Gasteiger partial charge in [-0.1, -0.05) is 0 Å². The SMILES string of the molecule is Fc1ccc(F)c(NC(=S)NCCCN2CCOCC2)c1. The smallest absolute Gasteiger partial charge is 0.170 e. The number of hydrogen-bond donors (Lipinski definition) is 2. The van der Waals surface area contributed by atoms with Crippen molar-refractivity contribution in [2.24, 2.45) is 0 Å². The Kier molecular flexibility index (Phi) is 6.28. The molecule has 116 valence electrons. The maximum absolute atomic E-state index is 13.4. The van der Waals surface area contributed by atoms with Crippen LogP contribution in [0.3, 0.4) is 0 Å². The van der Waals surface area contributed by atoms with E-state index in [-0.39, 0.29) is 5.69 Å². The first-order valence-corrected chi connectivity index (χ1v) is 7.36. The van der Waals surface area contributed by atoms with Gasteiger partial charge >= 0.3 is 0 Å². The Morgan fingerprint density at radius 1 is 1.29 bits per heavy atom. The topological polar surface area (TPSA) is 36.5 Å². The molecular weight excluding hydrogens is 296 g/mol. The van der Waals surface area contributed by atoms with Crippen LogP contribution in [-0.4, -0.2) is 49.4 Å². The Morgan fingerprint density at radius 3 is 2.81 bits per heavy atom. The van der Waals surface area contributed by atoms with Crippen molar-refractivity contribution >= 4 is 23.0 Å². The molecule has 1 fully saturated rings. The van der Waals surface area contributed by atoms with E-state index in [0.717, 1.165) is 57.5 Å². The highest BCUT2D eigenvalue weighted by molar-refractivity contribution is 7.80. The number of hydrogen-bond acceptors (Lipinski definition) is 3. The van der Waals surface area contributed by atoms with E-state index < -0.39 is 11.6 Å². The highest BCUT2D eigenvalue weighted by Gasteiger charge is 2.09. The van der Waals surface area contributed by atoms with E-state index in [4.69, 9.17) is 17.0 Å². The lowest BCUT2D eigenvalue weighted by atomic mass is 10.3. The first-order chi connectivity index (χ1) is 10.1. The van der Waals surface area contributed by atoms with Crippen molar-refractivity contribution in [3.05, 3.63) is 29.8 Å². The zero-order chi connectivity index (χ0) is 15.1. The van der Waals surface area contributed by atoms with Gasteiger partial charge in [0.15, 0.2) is 5.11 Å². The van der Waals surface area contributed by atoms with E-state index in [1.165, 1.54) is 0 Å². The number of thiocarbonyl (C=S) groups is 1. The van der Waals surface area contributed by atoms with Crippen LogP contribution < -0.4 is 10.6 Å². The number of nitrogens with zero attached hydrogens (tertiary/aromatic N) is 1. The number of rotatable bonds is 5. The third-order valence-corrected chi connectivity index (χ3v) is 3.46. The van der Waals surface area contributed by atoms with Crippen LogP contribution in [0, 0.1) is 11.6 Å². The van der Waals surface area contributed by atoms with Crippen LogP contribution >= 0.6 is 12.2 Å². The summed E-state index contributed by atoms with van der Waals surface area (Å²) in [4.78, 5) is 2.33. The summed E-state index contributed by atoms with van der Waals surface area (Å²) in [7, 11) is 0. The van der Waals surface area contributed by atoms with Crippen LogP contribution in [0.1, 0.15) is 6.42 Å². The van der Waals surface area contributed by atoms with Crippen molar-refractivity contribution in [3.63, 3.8) is 0 Å². The van der Waals surface area contributed by atoms with Gasteiger partial charge in [0, 0.05) is 25.7 Å². The van der Waals surface area contributed by atoms with Gasteiger partial charge in [-0.05, 0) is 37.3 Å². The number of ether oxygens (including phenoxy) is 1. The van der Waals surface area contributed by atoms with Gasteiger partial charge in [0.25, 0.3) is 0 Å². The van der Waals surface area contributed by atoms with E-state index >= 15 is 0 Å². The zero-order valence-electron chi connectivity index (χ0n) is 11.7. The quantitative estimate of drug-likeness (QED) is 0.642.